The maximum Gasteiger partial charge on any atom is 0.226 e. The lowest BCUT2D eigenvalue weighted by atomic mass is 9.86. The van der Waals surface area contributed by atoms with Gasteiger partial charge in [-0.05, 0) is 51.6 Å². The van der Waals surface area contributed by atoms with Gasteiger partial charge in [-0.15, -0.1) is 0 Å². The highest BCUT2D eigenvalue weighted by molar-refractivity contribution is 5.79. The molecule has 1 saturated heterocycles. The Morgan fingerprint density at radius 3 is 1.67 bits per heavy atom. The minimum absolute atomic E-state index is 0.301. The topological polar surface area (TPSA) is 32.3 Å². The maximum absolute atomic E-state index is 13.2. The van der Waals surface area contributed by atoms with Gasteiger partial charge in [0.1, 0.15) is 0 Å². The van der Waals surface area contributed by atoms with Crippen LogP contribution in [-0.2, 0) is 4.79 Å². The maximum atomic E-state index is 13.2. The van der Waals surface area contributed by atoms with E-state index in [1.165, 1.54) is 64.2 Å². The lowest BCUT2D eigenvalue weighted by molar-refractivity contribution is -0.143. The van der Waals surface area contributed by atoms with Crippen LogP contribution in [-0.4, -0.2) is 36.0 Å². The Hall–Kier alpha value is -0.570. The number of nitrogens with zero attached hydrogens (tertiary/aromatic N) is 1. The van der Waals surface area contributed by atoms with Crippen molar-refractivity contribution in [3.05, 3.63) is 0 Å². The van der Waals surface area contributed by atoms with Crippen LogP contribution >= 0.6 is 0 Å². The van der Waals surface area contributed by atoms with Gasteiger partial charge in [-0.3, -0.25) is 4.79 Å². The standard InChI is InChI=1S/C18H32N2O/c21-18(15-11-13-19-14-12-15)20(16-7-3-1-4-8-16)17-9-5-2-6-10-17/h15-17,19H,1-14H2. The second kappa shape index (κ2) is 7.62. The zero-order valence-electron chi connectivity index (χ0n) is 13.5. The van der Waals surface area contributed by atoms with E-state index in [1.807, 2.05) is 0 Å². The summed E-state index contributed by atoms with van der Waals surface area (Å²) in [5.41, 5.74) is 0. The van der Waals surface area contributed by atoms with E-state index in [0.717, 1.165) is 25.9 Å². The summed E-state index contributed by atoms with van der Waals surface area (Å²) in [6, 6.07) is 1.12. The molecule has 0 unspecified atom stereocenters. The second-order valence-corrected chi connectivity index (χ2v) is 7.35. The van der Waals surface area contributed by atoms with Crippen molar-refractivity contribution in [3.8, 4) is 0 Å². The van der Waals surface area contributed by atoms with Gasteiger partial charge in [0.15, 0.2) is 0 Å². The number of amides is 1. The van der Waals surface area contributed by atoms with Gasteiger partial charge in [-0.2, -0.15) is 0 Å². The van der Waals surface area contributed by atoms with Crippen molar-refractivity contribution in [2.45, 2.75) is 89.1 Å². The first-order valence-electron chi connectivity index (χ1n) is 9.39. The van der Waals surface area contributed by atoms with E-state index in [9.17, 15) is 4.79 Å². The van der Waals surface area contributed by atoms with Gasteiger partial charge in [-0.25, -0.2) is 0 Å². The SMILES string of the molecule is O=C(C1CCNCC1)N(C1CCCCC1)C1CCCCC1. The van der Waals surface area contributed by atoms with Crippen LogP contribution in [0.25, 0.3) is 0 Å². The zero-order chi connectivity index (χ0) is 14.5. The third-order valence-electron chi connectivity index (χ3n) is 5.88. The first kappa shape index (κ1) is 15.3. The van der Waals surface area contributed by atoms with E-state index < -0.39 is 0 Å². The second-order valence-electron chi connectivity index (χ2n) is 7.35. The predicted octanol–water partition coefficient (Wildman–Crippen LogP) is 3.48. The van der Waals surface area contributed by atoms with Crippen LogP contribution in [0.5, 0.6) is 0 Å². The Labute approximate surface area is 129 Å². The molecule has 2 aliphatic carbocycles. The summed E-state index contributed by atoms with van der Waals surface area (Å²) in [5, 5.41) is 3.40. The Kier molecular flexibility index (Phi) is 5.56. The van der Waals surface area contributed by atoms with Crippen molar-refractivity contribution in [3.63, 3.8) is 0 Å². The summed E-state index contributed by atoms with van der Waals surface area (Å²) in [7, 11) is 0. The highest BCUT2D eigenvalue weighted by atomic mass is 16.2. The van der Waals surface area contributed by atoms with Crippen molar-refractivity contribution in [2.24, 2.45) is 5.92 Å². The Bertz CT molecular complexity index is 308. The molecule has 0 atom stereocenters. The average Bonchev–Trinajstić information content (AvgIpc) is 2.58. The molecule has 0 aromatic carbocycles. The van der Waals surface area contributed by atoms with E-state index in [0.29, 0.717) is 23.9 Å². The summed E-state index contributed by atoms with van der Waals surface area (Å²) in [6.07, 6.45) is 15.2. The van der Waals surface area contributed by atoms with Gasteiger partial charge in [0.05, 0.1) is 0 Å². The van der Waals surface area contributed by atoms with Crippen LogP contribution in [0.4, 0.5) is 0 Å². The molecule has 1 N–H and O–H groups in total. The first-order chi connectivity index (χ1) is 10.4. The molecule has 0 spiro atoms. The number of carbonyl (C=O) groups excluding carboxylic acids is 1. The molecule has 3 nitrogen and oxygen atoms in total. The summed E-state index contributed by atoms with van der Waals surface area (Å²) < 4.78 is 0. The average molecular weight is 292 g/mol. The smallest absolute Gasteiger partial charge is 0.226 e. The molecule has 1 heterocycles. The summed E-state index contributed by atoms with van der Waals surface area (Å²) >= 11 is 0. The fourth-order valence-electron chi connectivity index (χ4n) is 4.66. The van der Waals surface area contributed by atoms with Gasteiger partial charge in [-0.1, -0.05) is 38.5 Å². The summed E-state index contributed by atoms with van der Waals surface area (Å²) in [6.45, 7) is 2.05. The quantitative estimate of drug-likeness (QED) is 0.863. The molecule has 0 aromatic rings. The van der Waals surface area contributed by atoms with Crippen LogP contribution in [0.15, 0.2) is 0 Å². The van der Waals surface area contributed by atoms with Gasteiger partial charge < -0.3 is 10.2 Å². The molecule has 1 amide bonds. The first-order valence-corrected chi connectivity index (χ1v) is 9.39. The van der Waals surface area contributed by atoms with E-state index in [1.54, 1.807) is 0 Å². The molecule has 0 bridgehead atoms. The summed E-state index contributed by atoms with van der Waals surface area (Å²) in [5.74, 6) is 0.811. The molecule has 3 rings (SSSR count). The van der Waals surface area contributed by atoms with Crippen LogP contribution in [0, 0.1) is 5.92 Å². The van der Waals surface area contributed by atoms with E-state index in [-0.39, 0.29) is 0 Å². The van der Waals surface area contributed by atoms with Crippen LogP contribution in [0.2, 0.25) is 0 Å². The van der Waals surface area contributed by atoms with Gasteiger partial charge in [0, 0.05) is 18.0 Å². The molecule has 120 valence electrons. The number of hydrogen-bond donors (Lipinski definition) is 1. The van der Waals surface area contributed by atoms with Crippen molar-refractivity contribution in [1.82, 2.24) is 10.2 Å². The molecule has 3 heteroatoms. The number of rotatable bonds is 3. The van der Waals surface area contributed by atoms with Crippen LogP contribution in [0.3, 0.4) is 0 Å². The molecule has 3 fully saturated rings. The molecular formula is C18H32N2O. The van der Waals surface area contributed by atoms with E-state index >= 15 is 0 Å². The summed E-state index contributed by atoms with van der Waals surface area (Å²) in [4.78, 5) is 15.6. The van der Waals surface area contributed by atoms with Crippen molar-refractivity contribution >= 4 is 5.91 Å². The monoisotopic (exact) mass is 292 g/mol. The fourth-order valence-corrected chi connectivity index (χ4v) is 4.66. The minimum Gasteiger partial charge on any atom is -0.336 e. The van der Waals surface area contributed by atoms with Crippen molar-refractivity contribution in [2.75, 3.05) is 13.1 Å². The number of hydrogen-bond acceptors (Lipinski definition) is 2. The molecule has 21 heavy (non-hydrogen) atoms. The van der Waals surface area contributed by atoms with Crippen molar-refractivity contribution < 1.29 is 4.79 Å². The predicted molar refractivity (Wildman–Crippen MR) is 86.2 cm³/mol. The molecule has 1 aliphatic heterocycles. The minimum atomic E-state index is 0.301. The molecule has 3 aliphatic rings. The van der Waals surface area contributed by atoms with E-state index in [4.69, 9.17) is 0 Å². The van der Waals surface area contributed by atoms with Gasteiger partial charge >= 0.3 is 0 Å². The highest BCUT2D eigenvalue weighted by Crippen LogP contribution is 2.32. The van der Waals surface area contributed by atoms with Crippen molar-refractivity contribution in [1.29, 1.82) is 0 Å². The number of nitrogens with one attached hydrogen (secondary N) is 1. The lowest BCUT2D eigenvalue weighted by Crippen LogP contribution is -2.52. The Morgan fingerprint density at radius 2 is 1.19 bits per heavy atom. The van der Waals surface area contributed by atoms with E-state index in [2.05, 4.69) is 10.2 Å². The van der Waals surface area contributed by atoms with Gasteiger partial charge in [0.2, 0.25) is 5.91 Å². The third-order valence-corrected chi connectivity index (χ3v) is 5.88. The van der Waals surface area contributed by atoms with Gasteiger partial charge in [0.25, 0.3) is 0 Å². The number of carbonyl (C=O) groups is 1. The number of piperidine rings is 1. The van der Waals surface area contributed by atoms with Crippen LogP contribution < -0.4 is 5.32 Å². The Balaban J connectivity index is 1.71. The lowest BCUT2D eigenvalue weighted by Gasteiger charge is -2.44. The molecule has 2 saturated carbocycles. The fraction of sp³-hybridized carbons (Fsp3) is 0.944. The molecule has 0 aromatic heterocycles. The Morgan fingerprint density at radius 1 is 0.714 bits per heavy atom. The highest BCUT2D eigenvalue weighted by Gasteiger charge is 2.35. The largest absolute Gasteiger partial charge is 0.336 e. The third kappa shape index (κ3) is 3.80. The molecular weight excluding hydrogens is 260 g/mol. The van der Waals surface area contributed by atoms with Crippen LogP contribution in [0.1, 0.15) is 77.0 Å². The molecule has 0 radical (unpaired) electrons. The normalized spacial score (nSPS) is 26.7. The zero-order valence-corrected chi connectivity index (χ0v) is 13.5.